The summed E-state index contributed by atoms with van der Waals surface area (Å²) in [6.45, 7) is 1.89. The molecule has 1 rings (SSSR count). The van der Waals surface area contributed by atoms with Crippen molar-refractivity contribution in [2.45, 2.75) is 12.7 Å². The van der Waals surface area contributed by atoms with Crippen molar-refractivity contribution >= 4 is 21.4 Å². The average molecular weight is 219 g/mol. The van der Waals surface area contributed by atoms with Crippen molar-refractivity contribution in [1.29, 1.82) is 0 Å². The number of sulfone groups is 1. The van der Waals surface area contributed by atoms with Crippen LogP contribution in [0.4, 0.5) is 0 Å². The summed E-state index contributed by atoms with van der Waals surface area (Å²) in [7, 11) is -3.13. The smallest absolute Gasteiger partial charge is 0.168 e. The van der Waals surface area contributed by atoms with E-state index >= 15 is 0 Å². The fourth-order valence-electron chi connectivity index (χ4n) is 1.05. The second-order valence-electron chi connectivity index (χ2n) is 2.92. The molecule has 2 nitrogen and oxygen atoms in total. The van der Waals surface area contributed by atoms with E-state index in [9.17, 15) is 8.42 Å². The summed E-state index contributed by atoms with van der Waals surface area (Å²) in [6.07, 6.45) is 0. The Balaban J connectivity index is 2.93. The lowest BCUT2D eigenvalue weighted by Gasteiger charge is -2.03. The molecule has 0 unspecified atom stereocenters. The number of halogens is 1. The summed E-state index contributed by atoms with van der Waals surface area (Å²) in [6, 6.07) is 7.40. The molecule has 0 aromatic heterocycles. The van der Waals surface area contributed by atoms with Crippen LogP contribution in [0.25, 0.3) is 0 Å². The van der Waals surface area contributed by atoms with Crippen LogP contribution in [0.3, 0.4) is 0 Å². The number of hydrogen-bond acceptors (Lipinski definition) is 2. The Hall–Kier alpha value is -0.540. The first-order chi connectivity index (χ1) is 6.05. The molecule has 4 heteroatoms. The van der Waals surface area contributed by atoms with Gasteiger partial charge in [-0.15, -0.1) is 11.6 Å². The third-order valence-electron chi connectivity index (χ3n) is 1.80. The van der Waals surface area contributed by atoms with Gasteiger partial charge in [0.15, 0.2) is 9.84 Å². The summed E-state index contributed by atoms with van der Waals surface area (Å²) >= 11 is 5.31. The molecule has 0 aliphatic rings. The van der Waals surface area contributed by atoms with E-state index in [1.807, 2.05) is 25.1 Å². The molecule has 0 saturated heterocycles. The second-order valence-corrected chi connectivity index (χ2v) is 5.57. The molecule has 0 aliphatic carbocycles. The first-order valence-electron chi connectivity index (χ1n) is 3.86. The van der Waals surface area contributed by atoms with E-state index in [0.29, 0.717) is 0 Å². The molecule has 0 atom stereocenters. The number of aryl methyl sites for hydroxylation is 1. The highest BCUT2D eigenvalue weighted by Crippen LogP contribution is 2.12. The van der Waals surface area contributed by atoms with Crippen LogP contribution in [0.1, 0.15) is 11.1 Å². The number of benzene rings is 1. The largest absolute Gasteiger partial charge is 0.227 e. The molecular weight excluding hydrogens is 208 g/mol. The Morgan fingerprint density at radius 3 is 2.46 bits per heavy atom. The molecule has 1 aromatic carbocycles. The summed E-state index contributed by atoms with van der Waals surface area (Å²) in [5.41, 5.74) is 1.80. The van der Waals surface area contributed by atoms with Gasteiger partial charge in [0.25, 0.3) is 0 Å². The van der Waals surface area contributed by atoms with Gasteiger partial charge in [0.2, 0.25) is 0 Å². The molecule has 0 heterocycles. The molecular formula is C9H11ClO2S. The van der Waals surface area contributed by atoms with Crippen LogP contribution < -0.4 is 0 Å². The third-order valence-corrected chi connectivity index (χ3v) is 3.88. The molecule has 0 saturated carbocycles. The zero-order chi connectivity index (χ0) is 9.90. The van der Waals surface area contributed by atoms with Crippen LogP contribution in [0.2, 0.25) is 0 Å². The summed E-state index contributed by atoms with van der Waals surface area (Å²) in [4.78, 5) is 0. The zero-order valence-electron chi connectivity index (χ0n) is 7.33. The minimum absolute atomic E-state index is 0.0309. The molecule has 0 N–H and O–H groups in total. The van der Waals surface area contributed by atoms with Crippen molar-refractivity contribution in [3.8, 4) is 0 Å². The van der Waals surface area contributed by atoms with Crippen molar-refractivity contribution < 1.29 is 8.42 Å². The SMILES string of the molecule is Cc1ccccc1CS(=O)(=O)CCl. The van der Waals surface area contributed by atoms with Gasteiger partial charge < -0.3 is 0 Å². The maximum absolute atomic E-state index is 11.2. The van der Waals surface area contributed by atoms with E-state index in [1.54, 1.807) is 6.07 Å². The van der Waals surface area contributed by atoms with E-state index in [4.69, 9.17) is 11.6 Å². The lowest BCUT2D eigenvalue weighted by molar-refractivity contribution is 0.599. The highest BCUT2D eigenvalue weighted by molar-refractivity contribution is 7.91. The van der Waals surface area contributed by atoms with Gasteiger partial charge in [-0.3, -0.25) is 0 Å². The fourth-order valence-corrected chi connectivity index (χ4v) is 2.15. The van der Waals surface area contributed by atoms with Gasteiger partial charge >= 0.3 is 0 Å². The van der Waals surface area contributed by atoms with Crippen LogP contribution in [0.5, 0.6) is 0 Å². The van der Waals surface area contributed by atoms with Crippen LogP contribution in [0, 0.1) is 6.92 Å². The molecule has 0 aliphatic heterocycles. The Labute approximate surface area is 83.5 Å². The predicted molar refractivity (Wildman–Crippen MR) is 54.5 cm³/mol. The predicted octanol–water partition coefficient (Wildman–Crippen LogP) is 2.11. The van der Waals surface area contributed by atoms with E-state index in [0.717, 1.165) is 11.1 Å². The fraction of sp³-hybridized carbons (Fsp3) is 0.333. The highest BCUT2D eigenvalue weighted by atomic mass is 35.5. The van der Waals surface area contributed by atoms with Crippen molar-refractivity contribution in [2.24, 2.45) is 0 Å². The van der Waals surface area contributed by atoms with E-state index in [2.05, 4.69) is 0 Å². The summed E-state index contributed by atoms with van der Waals surface area (Å²) in [5.74, 6) is 0.0309. The maximum atomic E-state index is 11.2. The van der Waals surface area contributed by atoms with E-state index in [1.165, 1.54) is 0 Å². The summed E-state index contributed by atoms with van der Waals surface area (Å²) < 4.78 is 22.4. The van der Waals surface area contributed by atoms with Gasteiger partial charge in [0, 0.05) is 0 Å². The van der Waals surface area contributed by atoms with Crippen molar-refractivity contribution in [1.82, 2.24) is 0 Å². The minimum atomic E-state index is -3.13. The third kappa shape index (κ3) is 3.01. The molecule has 72 valence electrons. The lowest BCUT2D eigenvalue weighted by atomic mass is 10.1. The highest BCUT2D eigenvalue weighted by Gasteiger charge is 2.10. The quantitative estimate of drug-likeness (QED) is 0.729. The van der Waals surface area contributed by atoms with Crippen LogP contribution in [-0.4, -0.2) is 13.6 Å². The molecule has 0 fully saturated rings. The molecule has 0 radical (unpaired) electrons. The van der Waals surface area contributed by atoms with Crippen molar-refractivity contribution in [3.63, 3.8) is 0 Å². The van der Waals surface area contributed by atoms with Crippen LogP contribution in [-0.2, 0) is 15.6 Å². The van der Waals surface area contributed by atoms with Crippen molar-refractivity contribution in [2.75, 3.05) is 5.21 Å². The zero-order valence-corrected chi connectivity index (χ0v) is 8.90. The average Bonchev–Trinajstić information content (AvgIpc) is 2.09. The van der Waals surface area contributed by atoms with Gasteiger partial charge in [-0.2, -0.15) is 0 Å². The Kier molecular flexibility index (Phi) is 3.33. The minimum Gasteiger partial charge on any atom is -0.227 e. The second kappa shape index (κ2) is 4.11. The Bertz CT molecular complexity index is 384. The Morgan fingerprint density at radius 2 is 1.92 bits per heavy atom. The van der Waals surface area contributed by atoms with E-state index < -0.39 is 9.84 Å². The molecule has 0 amide bonds. The lowest BCUT2D eigenvalue weighted by Crippen LogP contribution is -2.06. The van der Waals surface area contributed by atoms with Crippen LogP contribution >= 0.6 is 11.6 Å². The van der Waals surface area contributed by atoms with Gasteiger partial charge in [0.1, 0.15) is 5.21 Å². The topological polar surface area (TPSA) is 34.1 Å². The molecule has 13 heavy (non-hydrogen) atoms. The summed E-state index contributed by atoms with van der Waals surface area (Å²) in [5, 5.41) is -0.318. The van der Waals surface area contributed by atoms with Gasteiger partial charge in [0.05, 0.1) is 5.75 Å². The number of hydrogen-bond donors (Lipinski definition) is 0. The van der Waals surface area contributed by atoms with Gasteiger partial charge in [-0.1, -0.05) is 24.3 Å². The standard InChI is InChI=1S/C9H11ClO2S/c1-8-4-2-3-5-9(8)6-13(11,12)7-10/h2-5H,6-7H2,1H3. The molecule has 0 bridgehead atoms. The number of rotatable bonds is 3. The van der Waals surface area contributed by atoms with Crippen LogP contribution in [0.15, 0.2) is 24.3 Å². The molecule has 1 aromatic rings. The van der Waals surface area contributed by atoms with Gasteiger partial charge in [-0.25, -0.2) is 8.42 Å². The maximum Gasteiger partial charge on any atom is 0.168 e. The number of alkyl halides is 1. The van der Waals surface area contributed by atoms with Crippen molar-refractivity contribution in [3.05, 3.63) is 35.4 Å². The normalized spacial score (nSPS) is 11.5. The molecule has 0 spiro atoms. The first kappa shape index (κ1) is 10.5. The Morgan fingerprint density at radius 1 is 1.31 bits per heavy atom. The van der Waals surface area contributed by atoms with E-state index in [-0.39, 0.29) is 11.0 Å². The first-order valence-corrected chi connectivity index (χ1v) is 6.21. The monoisotopic (exact) mass is 218 g/mol. The van der Waals surface area contributed by atoms with Gasteiger partial charge in [-0.05, 0) is 18.1 Å².